The van der Waals surface area contributed by atoms with Gasteiger partial charge in [-0.3, -0.25) is 0 Å². The maximum Gasteiger partial charge on any atom is 0.119 e. The van der Waals surface area contributed by atoms with Crippen molar-refractivity contribution < 1.29 is 9.84 Å². The summed E-state index contributed by atoms with van der Waals surface area (Å²) in [6.07, 6.45) is 11.8. The average Bonchev–Trinajstić information content (AvgIpc) is 2.55. The summed E-state index contributed by atoms with van der Waals surface area (Å²) in [4.78, 5) is 0. The Kier molecular flexibility index (Phi) is 7.79. The normalized spacial score (nSPS) is 21.7. The Morgan fingerprint density at radius 1 is 0.909 bits per heavy atom. The third kappa shape index (κ3) is 6.00. The molecule has 0 spiro atoms. The predicted octanol–water partition coefficient (Wildman–Crippen LogP) is 5.44. The first kappa shape index (κ1) is 17.3. The molecule has 0 aromatic heterocycles. The van der Waals surface area contributed by atoms with Crippen LogP contribution >= 0.6 is 0 Å². The van der Waals surface area contributed by atoms with Crippen LogP contribution in [0.5, 0.6) is 5.75 Å². The molecule has 0 heterocycles. The molecule has 1 aromatic rings. The number of benzene rings is 1. The number of ether oxygens (including phenoxy) is 1. The summed E-state index contributed by atoms with van der Waals surface area (Å²) in [6.45, 7) is 3.09. The van der Waals surface area contributed by atoms with E-state index in [4.69, 9.17) is 4.74 Å². The van der Waals surface area contributed by atoms with Crippen molar-refractivity contribution in [2.75, 3.05) is 6.61 Å². The van der Waals surface area contributed by atoms with E-state index < -0.39 is 0 Å². The summed E-state index contributed by atoms with van der Waals surface area (Å²) in [5.74, 6) is 1.61. The summed E-state index contributed by atoms with van der Waals surface area (Å²) in [6, 6.07) is 8.63. The average molecular weight is 304 g/mol. The second-order valence-corrected chi connectivity index (χ2v) is 6.69. The molecule has 22 heavy (non-hydrogen) atoms. The van der Waals surface area contributed by atoms with E-state index in [1.165, 1.54) is 37.7 Å². The van der Waals surface area contributed by atoms with Crippen molar-refractivity contribution in [3.8, 4) is 5.75 Å². The molecule has 0 unspecified atom stereocenters. The summed E-state index contributed by atoms with van der Waals surface area (Å²) < 4.78 is 5.83. The lowest BCUT2D eigenvalue weighted by Crippen LogP contribution is -2.16. The highest BCUT2D eigenvalue weighted by molar-refractivity contribution is 5.29. The van der Waals surface area contributed by atoms with E-state index in [1.54, 1.807) is 0 Å². The van der Waals surface area contributed by atoms with Gasteiger partial charge in [-0.25, -0.2) is 0 Å². The van der Waals surface area contributed by atoms with Crippen molar-refractivity contribution in [2.24, 2.45) is 0 Å². The molecule has 1 aliphatic carbocycles. The Bertz CT molecular complexity index is 391. The van der Waals surface area contributed by atoms with Crippen LogP contribution in [-0.4, -0.2) is 17.8 Å². The molecule has 0 bridgehead atoms. The van der Waals surface area contributed by atoms with E-state index in [1.807, 2.05) is 0 Å². The van der Waals surface area contributed by atoms with Crippen LogP contribution in [0.4, 0.5) is 0 Å². The Morgan fingerprint density at radius 3 is 2.23 bits per heavy atom. The highest BCUT2D eigenvalue weighted by atomic mass is 16.5. The zero-order chi connectivity index (χ0) is 15.6. The van der Waals surface area contributed by atoms with Crippen LogP contribution in [0, 0.1) is 0 Å². The molecule has 124 valence electrons. The molecule has 2 rings (SSSR count). The van der Waals surface area contributed by atoms with E-state index in [-0.39, 0.29) is 6.10 Å². The lowest BCUT2D eigenvalue weighted by atomic mass is 9.83. The van der Waals surface area contributed by atoms with Crippen LogP contribution in [0.2, 0.25) is 0 Å². The van der Waals surface area contributed by atoms with Gasteiger partial charge >= 0.3 is 0 Å². The zero-order valence-corrected chi connectivity index (χ0v) is 14.1. The number of hydrogen-bond donors (Lipinski definition) is 1. The Balaban J connectivity index is 1.64. The van der Waals surface area contributed by atoms with Crippen molar-refractivity contribution in [3.63, 3.8) is 0 Å². The molecule has 0 aliphatic heterocycles. The van der Waals surface area contributed by atoms with Crippen LogP contribution in [-0.2, 0) is 0 Å². The van der Waals surface area contributed by atoms with Crippen molar-refractivity contribution in [1.82, 2.24) is 0 Å². The fraction of sp³-hybridized carbons (Fsp3) is 0.700. The van der Waals surface area contributed by atoms with E-state index in [9.17, 15) is 5.11 Å². The number of aliphatic hydroxyl groups excluding tert-OH is 1. The van der Waals surface area contributed by atoms with Crippen LogP contribution in [0.25, 0.3) is 0 Å². The molecule has 1 N–H and O–H groups in total. The van der Waals surface area contributed by atoms with Crippen LogP contribution in [0.15, 0.2) is 24.3 Å². The molecule has 0 amide bonds. The lowest BCUT2D eigenvalue weighted by Gasteiger charge is -2.25. The van der Waals surface area contributed by atoms with Gasteiger partial charge in [0.25, 0.3) is 0 Å². The molecule has 1 fully saturated rings. The third-order valence-electron chi connectivity index (χ3n) is 4.81. The summed E-state index contributed by atoms with van der Waals surface area (Å²) in [5.41, 5.74) is 1.40. The fourth-order valence-corrected chi connectivity index (χ4v) is 3.32. The van der Waals surface area contributed by atoms with E-state index in [2.05, 4.69) is 31.2 Å². The maximum absolute atomic E-state index is 9.59. The number of hydrogen-bond acceptors (Lipinski definition) is 2. The largest absolute Gasteiger partial charge is 0.494 e. The third-order valence-corrected chi connectivity index (χ3v) is 4.81. The second-order valence-electron chi connectivity index (χ2n) is 6.69. The molecular formula is C20H32O2. The SMILES string of the molecule is CCCCCCCCOc1ccc([C@H]2CC[C@H](O)CC2)cc1. The van der Waals surface area contributed by atoms with Gasteiger partial charge in [0.15, 0.2) is 0 Å². The minimum Gasteiger partial charge on any atom is -0.494 e. The number of rotatable bonds is 9. The van der Waals surface area contributed by atoms with Gasteiger partial charge in [0.05, 0.1) is 12.7 Å². The van der Waals surface area contributed by atoms with Gasteiger partial charge in [-0.1, -0.05) is 51.2 Å². The lowest BCUT2D eigenvalue weighted by molar-refractivity contribution is 0.122. The van der Waals surface area contributed by atoms with E-state index in [0.29, 0.717) is 5.92 Å². The number of aliphatic hydroxyl groups is 1. The van der Waals surface area contributed by atoms with E-state index in [0.717, 1.165) is 44.5 Å². The van der Waals surface area contributed by atoms with Crippen molar-refractivity contribution in [2.45, 2.75) is 83.2 Å². The number of unbranched alkanes of at least 4 members (excludes halogenated alkanes) is 5. The second kappa shape index (κ2) is 9.89. The molecular weight excluding hydrogens is 272 g/mol. The van der Waals surface area contributed by atoms with E-state index >= 15 is 0 Å². The first-order valence-corrected chi connectivity index (χ1v) is 9.20. The van der Waals surface area contributed by atoms with Crippen LogP contribution in [0.3, 0.4) is 0 Å². The summed E-state index contributed by atoms with van der Waals surface area (Å²) >= 11 is 0. The van der Waals surface area contributed by atoms with Gasteiger partial charge in [-0.05, 0) is 55.7 Å². The maximum atomic E-state index is 9.59. The predicted molar refractivity (Wildman–Crippen MR) is 92.5 cm³/mol. The van der Waals surface area contributed by atoms with Gasteiger partial charge in [-0.15, -0.1) is 0 Å². The summed E-state index contributed by atoms with van der Waals surface area (Å²) in [7, 11) is 0. The smallest absolute Gasteiger partial charge is 0.119 e. The Morgan fingerprint density at radius 2 is 1.55 bits per heavy atom. The molecule has 1 aliphatic rings. The standard InChI is InChI=1S/C20H32O2/c1-2-3-4-5-6-7-16-22-20-14-10-18(11-15-20)17-8-12-19(21)13-9-17/h10-11,14-15,17,19,21H,2-9,12-13,16H2,1H3/t17-,19-. The van der Waals surface area contributed by atoms with Crippen LogP contribution < -0.4 is 4.74 Å². The highest BCUT2D eigenvalue weighted by Gasteiger charge is 2.20. The van der Waals surface area contributed by atoms with Gasteiger partial charge in [-0.2, -0.15) is 0 Å². The quantitative estimate of drug-likeness (QED) is 0.615. The molecule has 0 atom stereocenters. The van der Waals surface area contributed by atoms with Crippen molar-refractivity contribution >= 4 is 0 Å². The molecule has 1 saturated carbocycles. The molecule has 2 nitrogen and oxygen atoms in total. The summed E-state index contributed by atoms with van der Waals surface area (Å²) in [5, 5.41) is 9.59. The van der Waals surface area contributed by atoms with Crippen molar-refractivity contribution in [3.05, 3.63) is 29.8 Å². The van der Waals surface area contributed by atoms with Crippen molar-refractivity contribution in [1.29, 1.82) is 0 Å². The van der Waals surface area contributed by atoms with Gasteiger partial charge in [0.2, 0.25) is 0 Å². The first-order chi connectivity index (χ1) is 10.8. The Hall–Kier alpha value is -1.02. The Labute approximate surface area is 135 Å². The molecule has 0 radical (unpaired) electrons. The molecule has 2 heteroatoms. The fourth-order valence-electron chi connectivity index (χ4n) is 3.32. The van der Waals surface area contributed by atoms with Gasteiger partial charge in [0.1, 0.15) is 5.75 Å². The monoisotopic (exact) mass is 304 g/mol. The molecule has 1 aromatic carbocycles. The minimum absolute atomic E-state index is 0.0730. The van der Waals surface area contributed by atoms with Gasteiger partial charge < -0.3 is 9.84 Å². The zero-order valence-electron chi connectivity index (χ0n) is 14.1. The topological polar surface area (TPSA) is 29.5 Å². The van der Waals surface area contributed by atoms with Crippen LogP contribution in [0.1, 0.15) is 82.6 Å². The van der Waals surface area contributed by atoms with Gasteiger partial charge in [0, 0.05) is 0 Å². The molecule has 0 saturated heterocycles. The minimum atomic E-state index is -0.0730. The first-order valence-electron chi connectivity index (χ1n) is 9.20. The highest BCUT2D eigenvalue weighted by Crippen LogP contribution is 2.33.